The van der Waals surface area contributed by atoms with Crippen molar-refractivity contribution in [3.8, 4) is 17.2 Å². The lowest BCUT2D eigenvalue weighted by molar-refractivity contribution is -0.137. The third-order valence-electron chi connectivity index (χ3n) is 5.47. The van der Waals surface area contributed by atoms with Crippen molar-refractivity contribution in [1.82, 2.24) is 19.7 Å². The quantitative estimate of drug-likeness (QED) is 0.504. The van der Waals surface area contributed by atoms with Crippen LogP contribution in [0, 0.1) is 0 Å². The smallest absolute Gasteiger partial charge is 0.416 e. The highest BCUT2D eigenvalue weighted by atomic mass is 19.4. The second-order valence-electron chi connectivity index (χ2n) is 7.95. The molecule has 1 amide bonds. The maximum atomic E-state index is 13.3. The van der Waals surface area contributed by atoms with Crippen LogP contribution in [0.2, 0.25) is 0 Å². The normalized spacial score (nSPS) is 12.2. The highest BCUT2D eigenvalue weighted by Crippen LogP contribution is 2.30. The zero-order valence-electron chi connectivity index (χ0n) is 20.0. The topological polar surface area (TPSA) is 104 Å². The Balaban J connectivity index is 2.22. The highest BCUT2D eigenvalue weighted by molar-refractivity contribution is 5.91. The summed E-state index contributed by atoms with van der Waals surface area (Å²) in [5, 5.41) is 6.62. The molecule has 2 aromatic carbocycles. The summed E-state index contributed by atoms with van der Waals surface area (Å²) in [4.78, 5) is 39.3. The number of nitrogens with one attached hydrogen (secondary N) is 1. The Morgan fingerprint density at radius 3 is 2.39 bits per heavy atom. The first-order valence-electron chi connectivity index (χ1n) is 10.9. The summed E-state index contributed by atoms with van der Waals surface area (Å²) in [6.07, 6.45) is -4.04. The molecule has 36 heavy (non-hydrogen) atoms. The summed E-state index contributed by atoms with van der Waals surface area (Å²) in [6.45, 7) is 3.04. The predicted molar refractivity (Wildman–Crippen MR) is 125 cm³/mol. The molecule has 192 valence electrons. The van der Waals surface area contributed by atoms with Crippen LogP contribution in [0.1, 0.15) is 41.9 Å². The number of hydrogen-bond acceptors (Lipinski definition) is 6. The number of methoxy groups -OCH3 is 2. The van der Waals surface area contributed by atoms with Crippen molar-refractivity contribution in [3.63, 3.8) is 0 Å². The molecule has 1 N–H and O–H groups in total. The third kappa shape index (κ3) is 5.58. The van der Waals surface area contributed by atoms with Gasteiger partial charge in [0.1, 0.15) is 0 Å². The molecule has 12 heteroatoms. The highest BCUT2D eigenvalue weighted by Gasteiger charge is 2.30. The minimum atomic E-state index is -4.61. The molecule has 0 aliphatic heterocycles. The van der Waals surface area contributed by atoms with E-state index in [-0.39, 0.29) is 23.0 Å². The van der Waals surface area contributed by atoms with Crippen molar-refractivity contribution in [1.29, 1.82) is 0 Å². The van der Waals surface area contributed by atoms with Crippen LogP contribution in [-0.2, 0) is 12.7 Å². The number of rotatable bonds is 8. The molecule has 0 fully saturated rings. The fourth-order valence-corrected chi connectivity index (χ4v) is 3.34. The third-order valence-corrected chi connectivity index (χ3v) is 5.47. The molecule has 0 bridgehead atoms. The molecule has 1 atom stereocenters. The Kier molecular flexibility index (Phi) is 7.86. The van der Waals surface area contributed by atoms with Gasteiger partial charge in [-0.2, -0.15) is 23.0 Å². The summed E-state index contributed by atoms with van der Waals surface area (Å²) in [6, 6.07) is 8.33. The van der Waals surface area contributed by atoms with Gasteiger partial charge in [-0.1, -0.05) is 19.1 Å². The van der Waals surface area contributed by atoms with Gasteiger partial charge < -0.3 is 14.8 Å². The molecule has 1 aromatic heterocycles. The standard InChI is InChI=1S/C24H25F3N4O5/c1-5-14(2)28-21(32)20-22(33)30(13-15-7-6-8-16(11-15)24(25,26)27)23(34)31(29-20)17-9-10-18(35-3)19(12-17)36-4/h6-12,14H,5,13H2,1-4H3,(H,28,32). The summed E-state index contributed by atoms with van der Waals surface area (Å²) in [5.74, 6) is -0.201. The minimum absolute atomic E-state index is 0.0439. The SMILES string of the molecule is CCC(C)NC(=O)c1nn(-c2ccc(OC)c(OC)c2)c(=O)n(Cc2cccc(C(F)(F)F)c2)c1=O. The van der Waals surface area contributed by atoms with Gasteiger partial charge in [0.25, 0.3) is 11.5 Å². The Morgan fingerprint density at radius 1 is 1.08 bits per heavy atom. The lowest BCUT2D eigenvalue weighted by Crippen LogP contribution is -2.47. The van der Waals surface area contributed by atoms with Crippen molar-refractivity contribution >= 4 is 5.91 Å². The van der Waals surface area contributed by atoms with E-state index in [1.165, 1.54) is 44.6 Å². The average Bonchev–Trinajstić information content (AvgIpc) is 2.85. The number of hydrogen-bond donors (Lipinski definition) is 1. The number of carbonyl (C=O) groups is 1. The van der Waals surface area contributed by atoms with Gasteiger partial charge in [-0.15, -0.1) is 0 Å². The molecule has 1 heterocycles. The number of benzene rings is 2. The maximum Gasteiger partial charge on any atom is 0.416 e. The van der Waals surface area contributed by atoms with Gasteiger partial charge in [0.05, 0.1) is 32.0 Å². The Bertz CT molecular complexity index is 1380. The molecule has 1 unspecified atom stereocenters. The first-order valence-corrected chi connectivity index (χ1v) is 10.9. The Labute approximate surface area is 204 Å². The van der Waals surface area contributed by atoms with E-state index in [4.69, 9.17) is 9.47 Å². The van der Waals surface area contributed by atoms with Crippen LogP contribution in [0.4, 0.5) is 13.2 Å². The summed E-state index contributed by atoms with van der Waals surface area (Å²) in [5.41, 5.74) is -3.32. The Morgan fingerprint density at radius 2 is 1.78 bits per heavy atom. The molecule has 9 nitrogen and oxygen atoms in total. The molecule has 0 aliphatic carbocycles. The van der Waals surface area contributed by atoms with Crippen molar-refractivity contribution < 1.29 is 27.4 Å². The lowest BCUT2D eigenvalue weighted by atomic mass is 10.1. The van der Waals surface area contributed by atoms with Crippen molar-refractivity contribution in [2.45, 2.75) is 39.0 Å². The summed E-state index contributed by atoms with van der Waals surface area (Å²) < 4.78 is 51.5. The predicted octanol–water partition coefficient (Wildman–Crippen LogP) is 3.01. The van der Waals surface area contributed by atoms with Crippen LogP contribution in [0.5, 0.6) is 11.5 Å². The molecular weight excluding hydrogens is 481 g/mol. The Hall–Kier alpha value is -4.09. The molecule has 0 spiro atoms. The summed E-state index contributed by atoms with van der Waals surface area (Å²) in [7, 11) is 2.81. The van der Waals surface area contributed by atoms with Gasteiger partial charge in [0, 0.05) is 12.1 Å². The molecule has 0 radical (unpaired) electrons. The van der Waals surface area contributed by atoms with Gasteiger partial charge in [0.2, 0.25) is 5.69 Å². The molecule has 0 saturated carbocycles. The monoisotopic (exact) mass is 506 g/mol. The van der Waals surface area contributed by atoms with E-state index in [2.05, 4.69) is 10.4 Å². The second kappa shape index (κ2) is 10.7. The number of alkyl halides is 3. The van der Waals surface area contributed by atoms with E-state index in [9.17, 15) is 27.6 Å². The number of ether oxygens (including phenoxy) is 2. The minimum Gasteiger partial charge on any atom is -0.493 e. The number of nitrogens with zero attached hydrogens (tertiary/aromatic N) is 3. The van der Waals surface area contributed by atoms with Gasteiger partial charge in [-0.3, -0.25) is 14.2 Å². The average molecular weight is 506 g/mol. The number of aromatic nitrogens is 3. The molecule has 3 aromatic rings. The van der Waals surface area contributed by atoms with E-state index in [1.54, 1.807) is 6.92 Å². The summed E-state index contributed by atoms with van der Waals surface area (Å²) >= 11 is 0. The second-order valence-corrected chi connectivity index (χ2v) is 7.95. The van der Waals surface area contributed by atoms with Crippen molar-refractivity contribution in [3.05, 3.63) is 80.1 Å². The molecule has 0 aliphatic rings. The van der Waals surface area contributed by atoms with Crippen molar-refractivity contribution in [2.75, 3.05) is 14.2 Å². The fraction of sp³-hybridized carbons (Fsp3) is 0.333. The molecule has 3 rings (SSSR count). The van der Waals surface area contributed by atoms with Gasteiger partial charge >= 0.3 is 11.9 Å². The van der Waals surface area contributed by atoms with Gasteiger partial charge in [-0.25, -0.2) is 4.79 Å². The van der Waals surface area contributed by atoms with E-state index in [0.29, 0.717) is 16.7 Å². The number of carbonyl (C=O) groups excluding carboxylic acids is 1. The zero-order chi connectivity index (χ0) is 26.6. The van der Waals surface area contributed by atoms with Crippen LogP contribution < -0.4 is 26.0 Å². The van der Waals surface area contributed by atoms with E-state index in [0.717, 1.165) is 16.8 Å². The molecular formula is C24H25F3N4O5. The number of amides is 1. The fourth-order valence-electron chi connectivity index (χ4n) is 3.34. The first kappa shape index (κ1) is 26.5. The van der Waals surface area contributed by atoms with Crippen molar-refractivity contribution in [2.24, 2.45) is 0 Å². The van der Waals surface area contributed by atoms with Crippen LogP contribution >= 0.6 is 0 Å². The zero-order valence-corrected chi connectivity index (χ0v) is 20.0. The van der Waals surface area contributed by atoms with Gasteiger partial charge in [0.15, 0.2) is 11.5 Å². The van der Waals surface area contributed by atoms with Crippen LogP contribution in [0.3, 0.4) is 0 Å². The molecule has 0 saturated heterocycles. The van der Waals surface area contributed by atoms with E-state index < -0.39 is 41.1 Å². The van der Waals surface area contributed by atoms with E-state index >= 15 is 0 Å². The van der Waals surface area contributed by atoms with Crippen LogP contribution in [-0.4, -0.2) is 40.5 Å². The van der Waals surface area contributed by atoms with Crippen LogP contribution in [0.25, 0.3) is 5.69 Å². The van der Waals surface area contributed by atoms with Gasteiger partial charge in [-0.05, 0) is 43.2 Å². The first-order chi connectivity index (χ1) is 17.0. The number of halogens is 3. The lowest BCUT2D eigenvalue weighted by Gasteiger charge is -2.15. The maximum absolute atomic E-state index is 13.3. The van der Waals surface area contributed by atoms with Crippen LogP contribution in [0.15, 0.2) is 52.1 Å². The van der Waals surface area contributed by atoms with E-state index in [1.807, 2.05) is 6.92 Å². The largest absolute Gasteiger partial charge is 0.493 e.